The molecule has 138 valence electrons. The van der Waals surface area contributed by atoms with E-state index in [1.54, 1.807) is 24.3 Å². The molecule has 0 saturated carbocycles. The summed E-state index contributed by atoms with van der Waals surface area (Å²) in [5, 5.41) is 18.9. The zero-order valence-electron chi connectivity index (χ0n) is 14.5. The highest BCUT2D eigenvalue weighted by Crippen LogP contribution is 2.44. The van der Waals surface area contributed by atoms with Crippen LogP contribution in [0.4, 0.5) is 8.78 Å². The first-order valence-electron chi connectivity index (χ1n) is 7.98. The summed E-state index contributed by atoms with van der Waals surface area (Å²) in [6.45, 7) is 1.82. The third kappa shape index (κ3) is 3.80. The number of rotatable bonds is 4. The molecule has 0 heterocycles. The third-order valence-corrected chi connectivity index (χ3v) is 5.36. The fraction of sp³-hybridized carbons (Fsp3) is 0.0476. The molecule has 0 amide bonds. The average molecular weight is 413 g/mol. The SMILES string of the molecule is Cc1ccccc1Sc1c(F)c(C#N)c(C#N)c(F)c1Oc1ccc(Cl)cc1. The minimum atomic E-state index is -1.09. The van der Waals surface area contributed by atoms with E-state index in [9.17, 15) is 10.5 Å². The van der Waals surface area contributed by atoms with Gasteiger partial charge in [-0.3, -0.25) is 0 Å². The number of ether oxygens (including phenoxy) is 1. The maximum atomic E-state index is 15.1. The summed E-state index contributed by atoms with van der Waals surface area (Å²) in [6, 6.07) is 16.3. The fourth-order valence-electron chi connectivity index (χ4n) is 2.44. The average Bonchev–Trinajstić information content (AvgIpc) is 2.69. The number of hydrogen-bond acceptors (Lipinski definition) is 4. The van der Waals surface area contributed by atoms with Gasteiger partial charge in [0, 0.05) is 9.92 Å². The highest BCUT2D eigenvalue weighted by atomic mass is 35.5. The predicted molar refractivity (Wildman–Crippen MR) is 103 cm³/mol. The second kappa shape index (κ2) is 8.31. The van der Waals surface area contributed by atoms with Crippen LogP contribution in [0.15, 0.2) is 58.3 Å². The van der Waals surface area contributed by atoms with E-state index in [4.69, 9.17) is 16.3 Å². The molecular weight excluding hydrogens is 402 g/mol. The van der Waals surface area contributed by atoms with E-state index in [-0.39, 0.29) is 10.6 Å². The summed E-state index contributed by atoms with van der Waals surface area (Å²) >= 11 is 6.77. The summed E-state index contributed by atoms with van der Waals surface area (Å²) in [5.74, 6) is -2.34. The maximum absolute atomic E-state index is 15.1. The van der Waals surface area contributed by atoms with E-state index in [1.165, 1.54) is 24.3 Å². The van der Waals surface area contributed by atoms with E-state index in [0.717, 1.165) is 17.3 Å². The van der Waals surface area contributed by atoms with Gasteiger partial charge < -0.3 is 4.74 Å². The van der Waals surface area contributed by atoms with Crippen LogP contribution in [0.3, 0.4) is 0 Å². The Morgan fingerprint density at radius 3 is 2.14 bits per heavy atom. The molecule has 0 atom stereocenters. The van der Waals surface area contributed by atoms with Crippen molar-refractivity contribution in [2.45, 2.75) is 16.7 Å². The Hall–Kier alpha value is -3.06. The Morgan fingerprint density at radius 2 is 1.54 bits per heavy atom. The highest BCUT2D eigenvalue weighted by Gasteiger charge is 2.27. The molecule has 0 N–H and O–H groups in total. The van der Waals surface area contributed by atoms with Crippen molar-refractivity contribution in [1.29, 1.82) is 10.5 Å². The van der Waals surface area contributed by atoms with Crippen LogP contribution < -0.4 is 4.74 Å². The monoisotopic (exact) mass is 412 g/mol. The van der Waals surface area contributed by atoms with Gasteiger partial charge in [-0.05, 0) is 42.8 Å². The molecule has 0 spiro atoms. The zero-order chi connectivity index (χ0) is 20.3. The van der Waals surface area contributed by atoms with Gasteiger partial charge in [0.05, 0.1) is 4.90 Å². The van der Waals surface area contributed by atoms with Crippen molar-refractivity contribution in [1.82, 2.24) is 0 Å². The molecular formula is C21H11ClF2N2OS. The van der Waals surface area contributed by atoms with E-state index in [2.05, 4.69) is 0 Å². The van der Waals surface area contributed by atoms with Crippen LogP contribution in [-0.4, -0.2) is 0 Å². The molecule has 0 aliphatic carbocycles. The van der Waals surface area contributed by atoms with Gasteiger partial charge in [-0.15, -0.1) is 0 Å². The topological polar surface area (TPSA) is 56.8 Å². The normalized spacial score (nSPS) is 10.2. The van der Waals surface area contributed by atoms with Crippen molar-refractivity contribution in [3.8, 4) is 23.6 Å². The number of halogens is 3. The Labute approximate surface area is 169 Å². The molecule has 0 bridgehead atoms. The number of aryl methyl sites for hydroxylation is 1. The molecule has 3 rings (SSSR count). The quantitative estimate of drug-likeness (QED) is 0.483. The van der Waals surface area contributed by atoms with Crippen molar-refractivity contribution >= 4 is 23.4 Å². The summed E-state index contributed by atoms with van der Waals surface area (Å²) in [6.07, 6.45) is 0. The third-order valence-electron chi connectivity index (χ3n) is 3.86. The van der Waals surface area contributed by atoms with Crippen LogP contribution in [-0.2, 0) is 0 Å². The predicted octanol–water partition coefficient (Wildman–Crippen LogP) is 6.61. The Morgan fingerprint density at radius 1 is 0.929 bits per heavy atom. The van der Waals surface area contributed by atoms with Gasteiger partial charge in [0.25, 0.3) is 0 Å². The lowest BCUT2D eigenvalue weighted by molar-refractivity contribution is 0.418. The van der Waals surface area contributed by atoms with Gasteiger partial charge >= 0.3 is 0 Å². The molecule has 0 fully saturated rings. The van der Waals surface area contributed by atoms with Crippen LogP contribution in [0, 0.1) is 41.2 Å². The molecule has 0 unspecified atom stereocenters. The van der Waals surface area contributed by atoms with Crippen molar-refractivity contribution < 1.29 is 13.5 Å². The smallest absolute Gasteiger partial charge is 0.186 e. The van der Waals surface area contributed by atoms with Crippen molar-refractivity contribution in [3.63, 3.8) is 0 Å². The lowest BCUT2D eigenvalue weighted by atomic mass is 10.1. The molecule has 3 nitrogen and oxygen atoms in total. The second-order valence-electron chi connectivity index (χ2n) is 5.68. The van der Waals surface area contributed by atoms with Crippen molar-refractivity contribution in [3.05, 3.63) is 81.9 Å². The highest BCUT2D eigenvalue weighted by molar-refractivity contribution is 7.99. The van der Waals surface area contributed by atoms with E-state index in [0.29, 0.717) is 9.92 Å². The summed E-state index contributed by atoms with van der Waals surface area (Å²) in [7, 11) is 0. The largest absolute Gasteiger partial charge is 0.453 e. The Bertz CT molecular complexity index is 1140. The van der Waals surface area contributed by atoms with Crippen LogP contribution in [0.1, 0.15) is 16.7 Å². The lowest BCUT2D eigenvalue weighted by Crippen LogP contribution is -2.03. The second-order valence-corrected chi connectivity index (χ2v) is 7.17. The van der Waals surface area contributed by atoms with Gasteiger partial charge in [0.2, 0.25) is 0 Å². The van der Waals surface area contributed by atoms with Crippen LogP contribution in [0.5, 0.6) is 11.5 Å². The number of nitrogens with zero attached hydrogens (tertiary/aromatic N) is 2. The first-order valence-corrected chi connectivity index (χ1v) is 9.17. The summed E-state index contributed by atoms with van der Waals surface area (Å²) in [5.41, 5.74) is -0.509. The van der Waals surface area contributed by atoms with Crippen molar-refractivity contribution in [2.24, 2.45) is 0 Å². The first-order chi connectivity index (χ1) is 13.5. The van der Waals surface area contributed by atoms with Crippen LogP contribution >= 0.6 is 23.4 Å². The van der Waals surface area contributed by atoms with Gasteiger partial charge in [-0.2, -0.15) is 10.5 Å². The van der Waals surface area contributed by atoms with E-state index in [1.807, 2.05) is 19.1 Å². The number of hydrogen-bond donors (Lipinski definition) is 0. The molecule has 7 heteroatoms. The van der Waals surface area contributed by atoms with Crippen molar-refractivity contribution in [2.75, 3.05) is 0 Å². The van der Waals surface area contributed by atoms with E-state index < -0.39 is 28.5 Å². The van der Waals surface area contributed by atoms with Gasteiger partial charge in [0.1, 0.15) is 29.0 Å². The minimum absolute atomic E-state index is 0.211. The van der Waals surface area contributed by atoms with Gasteiger partial charge in [-0.25, -0.2) is 8.78 Å². The molecule has 28 heavy (non-hydrogen) atoms. The number of benzene rings is 3. The van der Waals surface area contributed by atoms with Crippen LogP contribution in [0.2, 0.25) is 5.02 Å². The molecule has 0 aliphatic heterocycles. The standard InChI is InChI=1S/C21H11ClF2N2OS/c1-12-4-2-3-5-17(12)28-21-19(24)16(11-26)15(10-25)18(23)20(21)27-14-8-6-13(22)7-9-14/h2-9H,1H3. The molecule has 0 aliphatic rings. The van der Waals surface area contributed by atoms with Gasteiger partial charge in [0.15, 0.2) is 17.4 Å². The van der Waals surface area contributed by atoms with Gasteiger partial charge in [-0.1, -0.05) is 41.6 Å². The van der Waals surface area contributed by atoms with E-state index >= 15 is 8.78 Å². The zero-order valence-corrected chi connectivity index (χ0v) is 16.0. The molecule has 0 radical (unpaired) electrons. The molecule has 3 aromatic carbocycles. The minimum Gasteiger partial charge on any atom is -0.453 e. The summed E-state index contributed by atoms with van der Waals surface area (Å²) < 4.78 is 35.7. The molecule has 0 aromatic heterocycles. The number of nitriles is 2. The molecule has 3 aromatic rings. The van der Waals surface area contributed by atoms with Crippen LogP contribution in [0.25, 0.3) is 0 Å². The molecule has 0 saturated heterocycles. The first kappa shape index (κ1) is 19.7. The Kier molecular flexibility index (Phi) is 5.84. The fourth-order valence-corrected chi connectivity index (χ4v) is 3.58. The maximum Gasteiger partial charge on any atom is 0.186 e. The Balaban J connectivity index is 2.21. The summed E-state index contributed by atoms with van der Waals surface area (Å²) in [4.78, 5) is 0.452. The lowest BCUT2D eigenvalue weighted by Gasteiger charge is -2.16.